The van der Waals surface area contributed by atoms with Crippen LogP contribution in [-0.2, 0) is 6.61 Å². The molecule has 0 N–H and O–H groups in total. The summed E-state index contributed by atoms with van der Waals surface area (Å²) in [7, 11) is 1.59. The fourth-order valence-electron chi connectivity index (χ4n) is 4.72. The Labute approximate surface area is 229 Å². The first-order chi connectivity index (χ1) is 18.0. The summed E-state index contributed by atoms with van der Waals surface area (Å²) in [5.41, 5.74) is 2.18. The van der Waals surface area contributed by atoms with Gasteiger partial charge in [0.15, 0.2) is 11.5 Å². The normalized spacial score (nSPS) is 14.4. The van der Waals surface area contributed by atoms with Gasteiger partial charge in [0.05, 0.1) is 28.7 Å². The van der Waals surface area contributed by atoms with Gasteiger partial charge >= 0.3 is 0 Å². The van der Waals surface area contributed by atoms with E-state index in [9.17, 15) is 4.79 Å². The summed E-state index contributed by atoms with van der Waals surface area (Å²) >= 11 is 9.87. The highest BCUT2D eigenvalue weighted by Crippen LogP contribution is 2.37. The van der Waals surface area contributed by atoms with Gasteiger partial charge in [-0.05, 0) is 64.7 Å². The number of ether oxygens (including phenoxy) is 2. The zero-order valence-corrected chi connectivity index (χ0v) is 22.8. The first-order valence-corrected chi connectivity index (χ1v) is 13.5. The maximum atomic E-state index is 13.4. The first kappa shape index (κ1) is 25.5. The third-order valence-corrected chi connectivity index (χ3v) is 7.61. The minimum absolute atomic E-state index is 0.159. The van der Waals surface area contributed by atoms with Crippen molar-refractivity contribution in [1.82, 2.24) is 9.66 Å². The second kappa shape index (κ2) is 11.5. The molecule has 0 amide bonds. The quantitative estimate of drug-likeness (QED) is 0.215. The van der Waals surface area contributed by atoms with Crippen molar-refractivity contribution in [3.63, 3.8) is 0 Å². The zero-order chi connectivity index (χ0) is 25.8. The summed E-state index contributed by atoms with van der Waals surface area (Å²) in [4.78, 5) is 18.3. The van der Waals surface area contributed by atoms with Gasteiger partial charge in [0, 0.05) is 16.5 Å². The van der Waals surface area contributed by atoms with Crippen molar-refractivity contribution in [1.29, 1.82) is 0 Å². The number of halogens is 2. The van der Waals surface area contributed by atoms with Gasteiger partial charge in [0.1, 0.15) is 12.4 Å². The van der Waals surface area contributed by atoms with Crippen LogP contribution in [0.2, 0.25) is 5.02 Å². The Bertz CT molecular complexity index is 1510. The molecule has 1 heterocycles. The molecule has 0 unspecified atom stereocenters. The van der Waals surface area contributed by atoms with E-state index in [0.717, 1.165) is 42.6 Å². The average Bonchev–Trinajstić information content (AvgIpc) is 2.93. The standard InChI is InChI=1S/C29H27BrClN3O3/c1-36-26-16-19(15-23(30)27(26)37-18-21-11-5-7-13-24(21)31)17-32-34-28(20-9-3-2-4-10-20)33-25-14-8-6-12-22(25)29(34)35/h5-8,11-17,20H,2-4,9-10,18H2,1H3. The molecule has 1 aliphatic rings. The van der Waals surface area contributed by atoms with Crippen molar-refractivity contribution in [3.05, 3.63) is 97.5 Å². The van der Waals surface area contributed by atoms with Crippen LogP contribution in [-0.4, -0.2) is 23.0 Å². The Morgan fingerprint density at radius 2 is 1.86 bits per heavy atom. The summed E-state index contributed by atoms with van der Waals surface area (Å²) in [6, 6.07) is 18.7. The van der Waals surface area contributed by atoms with Crippen molar-refractivity contribution >= 4 is 44.6 Å². The van der Waals surface area contributed by atoms with Crippen LogP contribution in [0.4, 0.5) is 0 Å². The second-order valence-corrected chi connectivity index (χ2v) is 10.4. The molecular weight excluding hydrogens is 554 g/mol. The van der Waals surface area contributed by atoms with E-state index < -0.39 is 0 Å². The molecule has 190 valence electrons. The predicted molar refractivity (Wildman–Crippen MR) is 151 cm³/mol. The SMILES string of the molecule is COc1cc(C=Nn2c(C3CCCCC3)nc3ccccc3c2=O)cc(Br)c1OCc1ccccc1Cl. The van der Waals surface area contributed by atoms with E-state index in [1.54, 1.807) is 19.4 Å². The highest BCUT2D eigenvalue weighted by Gasteiger charge is 2.22. The lowest BCUT2D eigenvalue weighted by Gasteiger charge is -2.22. The summed E-state index contributed by atoms with van der Waals surface area (Å²) in [5, 5.41) is 5.83. The number of methoxy groups -OCH3 is 1. The maximum absolute atomic E-state index is 13.4. The minimum atomic E-state index is -0.159. The number of para-hydroxylation sites is 1. The maximum Gasteiger partial charge on any atom is 0.282 e. The molecule has 1 saturated carbocycles. The molecule has 0 bridgehead atoms. The molecule has 5 rings (SSSR count). The third kappa shape index (κ3) is 5.58. The first-order valence-electron chi connectivity index (χ1n) is 12.3. The zero-order valence-electron chi connectivity index (χ0n) is 20.5. The molecule has 0 aliphatic heterocycles. The lowest BCUT2D eigenvalue weighted by Crippen LogP contribution is -2.25. The molecule has 1 aromatic heterocycles. The number of aromatic nitrogens is 2. The van der Waals surface area contributed by atoms with Crippen molar-refractivity contribution in [3.8, 4) is 11.5 Å². The number of rotatable bonds is 7. The molecule has 0 saturated heterocycles. The highest BCUT2D eigenvalue weighted by molar-refractivity contribution is 9.10. The van der Waals surface area contributed by atoms with Gasteiger partial charge in [-0.3, -0.25) is 4.79 Å². The lowest BCUT2D eigenvalue weighted by molar-refractivity contribution is 0.282. The summed E-state index contributed by atoms with van der Waals surface area (Å²) in [6.45, 7) is 0.297. The van der Waals surface area contributed by atoms with Gasteiger partial charge in [-0.2, -0.15) is 9.78 Å². The van der Waals surface area contributed by atoms with Crippen LogP contribution in [0.3, 0.4) is 0 Å². The molecule has 3 aromatic carbocycles. The smallest absolute Gasteiger partial charge is 0.282 e. The van der Waals surface area contributed by atoms with E-state index >= 15 is 0 Å². The van der Waals surface area contributed by atoms with Gasteiger partial charge in [-0.15, -0.1) is 0 Å². The fourth-order valence-corrected chi connectivity index (χ4v) is 5.49. The molecule has 37 heavy (non-hydrogen) atoms. The average molecular weight is 581 g/mol. The second-order valence-electron chi connectivity index (χ2n) is 9.10. The highest BCUT2D eigenvalue weighted by atomic mass is 79.9. The number of benzene rings is 3. The minimum Gasteiger partial charge on any atom is -0.493 e. The molecule has 1 fully saturated rings. The van der Waals surface area contributed by atoms with Crippen molar-refractivity contribution < 1.29 is 9.47 Å². The molecule has 0 spiro atoms. The monoisotopic (exact) mass is 579 g/mol. The Balaban J connectivity index is 1.49. The van der Waals surface area contributed by atoms with E-state index in [0.29, 0.717) is 38.5 Å². The van der Waals surface area contributed by atoms with Gasteiger partial charge in [0.25, 0.3) is 5.56 Å². The fraction of sp³-hybridized carbons (Fsp3) is 0.276. The van der Waals surface area contributed by atoms with E-state index in [4.69, 9.17) is 26.1 Å². The van der Waals surface area contributed by atoms with E-state index in [-0.39, 0.29) is 11.5 Å². The summed E-state index contributed by atoms with van der Waals surface area (Å²) in [5.74, 6) is 2.04. The van der Waals surface area contributed by atoms with Gasteiger partial charge < -0.3 is 9.47 Å². The Morgan fingerprint density at radius 3 is 2.65 bits per heavy atom. The van der Waals surface area contributed by atoms with Gasteiger partial charge in [-0.25, -0.2) is 4.98 Å². The van der Waals surface area contributed by atoms with Crippen LogP contribution in [0.15, 0.2) is 75.0 Å². The van der Waals surface area contributed by atoms with Crippen molar-refractivity contribution in [2.24, 2.45) is 5.10 Å². The number of nitrogens with zero attached hydrogens (tertiary/aromatic N) is 3. The predicted octanol–water partition coefficient (Wildman–Crippen LogP) is 7.33. The summed E-state index contributed by atoms with van der Waals surface area (Å²) in [6.07, 6.45) is 7.17. The number of fused-ring (bicyclic) bond motifs is 1. The molecule has 0 atom stereocenters. The molecular formula is C29H27BrClN3O3. The largest absolute Gasteiger partial charge is 0.493 e. The molecule has 4 aromatic rings. The van der Waals surface area contributed by atoms with Crippen LogP contribution in [0, 0.1) is 0 Å². The van der Waals surface area contributed by atoms with Crippen LogP contribution >= 0.6 is 27.5 Å². The van der Waals surface area contributed by atoms with Gasteiger partial charge in [-0.1, -0.05) is 61.2 Å². The van der Waals surface area contributed by atoms with Crippen molar-refractivity contribution in [2.75, 3.05) is 7.11 Å². The molecule has 8 heteroatoms. The molecule has 6 nitrogen and oxygen atoms in total. The van der Waals surface area contributed by atoms with Crippen LogP contribution in [0.25, 0.3) is 10.9 Å². The molecule has 0 radical (unpaired) electrons. The Hall–Kier alpha value is -3.16. The van der Waals surface area contributed by atoms with Crippen LogP contribution in [0.5, 0.6) is 11.5 Å². The topological polar surface area (TPSA) is 65.7 Å². The van der Waals surface area contributed by atoms with Crippen molar-refractivity contribution in [2.45, 2.75) is 44.6 Å². The number of hydrogen-bond acceptors (Lipinski definition) is 5. The summed E-state index contributed by atoms with van der Waals surface area (Å²) < 4.78 is 13.8. The van der Waals surface area contributed by atoms with Crippen LogP contribution in [0.1, 0.15) is 55.0 Å². The van der Waals surface area contributed by atoms with Crippen LogP contribution < -0.4 is 15.0 Å². The Morgan fingerprint density at radius 1 is 1.11 bits per heavy atom. The van der Waals surface area contributed by atoms with E-state index in [1.807, 2.05) is 54.6 Å². The van der Waals surface area contributed by atoms with Gasteiger partial charge in [0.2, 0.25) is 0 Å². The lowest BCUT2D eigenvalue weighted by atomic mass is 9.88. The van der Waals surface area contributed by atoms with E-state index in [2.05, 4.69) is 21.0 Å². The molecule has 1 aliphatic carbocycles. The Kier molecular flexibility index (Phi) is 7.91. The third-order valence-electron chi connectivity index (χ3n) is 6.65. The van der Waals surface area contributed by atoms with E-state index in [1.165, 1.54) is 11.1 Å². The number of hydrogen-bond donors (Lipinski definition) is 0.